The second-order valence-electron chi connectivity index (χ2n) is 5.10. The highest BCUT2D eigenvalue weighted by Gasteiger charge is 2.32. The lowest BCUT2D eigenvalue weighted by atomic mass is 9.89. The smallest absolute Gasteiger partial charge is 0.137 e. The van der Waals surface area contributed by atoms with Crippen molar-refractivity contribution in [1.29, 1.82) is 0 Å². The van der Waals surface area contributed by atoms with Crippen molar-refractivity contribution in [3.05, 3.63) is 24.0 Å². The molecule has 0 aliphatic carbocycles. The van der Waals surface area contributed by atoms with E-state index < -0.39 is 0 Å². The Balaban J connectivity index is 2.13. The molecule has 106 valence electrons. The molecule has 0 spiro atoms. The summed E-state index contributed by atoms with van der Waals surface area (Å²) in [6, 6.07) is 2.37. The van der Waals surface area contributed by atoms with E-state index in [1.54, 1.807) is 6.20 Å². The van der Waals surface area contributed by atoms with Gasteiger partial charge in [-0.3, -0.25) is 4.98 Å². The first kappa shape index (κ1) is 14.3. The summed E-state index contributed by atoms with van der Waals surface area (Å²) in [5.74, 6) is 1.35. The number of hydrogen-bond donors (Lipinski definition) is 1. The van der Waals surface area contributed by atoms with E-state index in [1.165, 1.54) is 5.56 Å². The number of nitrogens with one attached hydrogen (secondary N) is 1. The van der Waals surface area contributed by atoms with Gasteiger partial charge < -0.3 is 14.8 Å². The summed E-state index contributed by atoms with van der Waals surface area (Å²) in [6.45, 7) is 5.83. The number of aromatic nitrogens is 1. The minimum Gasteiger partial charge on any atom is -0.492 e. The molecule has 2 heterocycles. The van der Waals surface area contributed by atoms with Crippen LogP contribution in [0.4, 0.5) is 0 Å². The first-order valence-corrected chi connectivity index (χ1v) is 7.12. The van der Waals surface area contributed by atoms with Crippen molar-refractivity contribution in [2.75, 3.05) is 20.3 Å². The molecular weight excluding hydrogens is 240 g/mol. The summed E-state index contributed by atoms with van der Waals surface area (Å²) in [7, 11) is 2.00. The first-order chi connectivity index (χ1) is 9.26. The predicted octanol–water partition coefficient (Wildman–Crippen LogP) is 2.56. The highest BCUT2D eigenvalue weighted by Crippen LogP contribution is 2.33. The number of hydrogen-bond acceptors (Lipinski definition) is 4. The van der Waals surface area contributed by atoms with Gasteiger partial charge in [0.05, 0.1) is 18.9 Å². The Bertz CT molecular complexity index is 397. The van der Waals surface area contributed by atoms with Gasteiger partial charge in [-0.15, -0.1) is 0 Å². The normalized spacial score (nSPS) is 24.4. The lowest BCUT2D eigenvalue weighted by Crippen LogP contribution is -2.29. The Morgan fingerprint density at radius 2 is 2.37 bits per heavy atom. The van der Waals surface area contributed by atoms with Crippen molar-refractivity contribution in [3.63, 3.8) is 0 Å². The Labute approximate surface area is 115 Å². The van der Waals surface area contributed by atoms with Gasteiger partial charge in [0.25, 0.3) is 0 Å². The van der Waals surface area contributed by atoms with Gasteiger partial charge in [0.2, 0.25) is 0 Å². The van der Waals surface area contributed by atoms with Crippen molar-refractivity contribution < 1.29 is 9.47 Å². The van der Waals surface area contributed by atoms with Crippen molar-refractivity contribution in [2.24, 2.45) is 5.92 Å². The summed E-state index contributed by atoms with van der Waals surface area (Å²) >= 11 is 0. The maximum atomic E-state index is 5.67. The van der Waals surface area contributed by atoms with Crippen LogP contribution in [0.25, 0.3) is 0 Å². The fourth-order valence-electron chi connectivity index (χ4n) is 2.72. The first-order valence-electron chi connectivity index (χ1n) is 7.12. The maximum absolute atomic E-state index is 5.67. The van der Waals surface area contributed by atoms with Gasteiger partial charge >= 0.3 is 0 Å². The van der Waals surface area contributed by atoms with Crippen LogP contribution in [-0.4, -0.2) is 31.3 Å². The van der Waals surface area contributed by atoms with Crippen molar-refractivity contribution in [1.82, 2.24) is 10.3 Å². The zero-order valence-corrected chi connectivity index (χ0v) is 12.1. The third-order valence-electron chi connectivity index (χ3n) is 3.74. The average Bonchev–Trinajstić information content (AvgIpc) is 2.84. The van der Waals surface area contributed by atoms with E-state index in [0.29, 0.717) is 5.92 Å². The van der Waals surface area contributed by atoms with Gasteiger partial charge in [0, 0.05) is 24.8 Å². The Kier molecular flexibility index (Phi) is 5.16. The van der Waals surface area contributed by atoms with Crippen LogP contribution in [0.3, 0.4) is 0 Å². The van der Waals surface area contributed by atoms with E-state index in [2.05, 4.69) is 30.2 Å². The highest BCUT2D eigenvalue weighted by molar-refractivity contribution is 5.26. The molecule has 0 radical (unpaired) electrons. The molecule has 3 unspecified atom stereocenters. The quantitative estimate of drug-likeness (QED) is 0.857. The minimum atomic E-state index is 0.273. The summed E-state index contributed by atoms with van der Waals surface area (Å²) < 4.78 is 11.3. The van der Waals surface area contributed by atoms with E-state index in [1.807, 2.05) is 13.2 Å². The fourth-order valence-corrected chi connectivity index (χ4v) is 2.72. The average molecular weight is 264 g/mol. The van der Waals surface area contributed by atoms with Crippen LogP contribution in [0.15, 0.2) is 18.5 Å². The van der Waals surface area contributed by atoms with Gasteiger partial charge in [-0.05, 0) is 38.4 Å². The Morgan fingerprint density at radius 1 is 1.53 bits per heavy atom. The molecule has 1 aliphatic heterocycles. The number of ether oxygens (including phenoxy) is 2. The molecule has 1 fully saturated rings. The van der Waals surface area contributed by atoms with Crippen LogP contribution in [0.2, 0.25) is 0 Å². The summed E-state index contributed by atoms with van der Waals surface area (Å²) in [5.41, 5.74) is 1.18. The van der Waals surface area contributed by atoms with Crippen molar-refractivity contribution in [3.8, 4) is 5.75 Å². The van der Waals surface area contributed by atoms with Crippen LogP contribution in [0, 0.1) is 5.92 Å². The van der Waals surface area contributed by atoms with Gasteiger partial charge in [0.1, 0.15) is 5.75 Å². The predicted molar refractivity (Wildman–Crippen MR) is 75.3 cm³/mol. The second-order valence-corrected chi connectivity index (χ2v) is 5.10. The van der Waals surface area contributed by atoms with Gasteiger partial charge in [0.15, 0.2) is 0 Å². The summed E-state index contributed by atoms with van der Waals surface area (Å²) in [5, 5.41) is 3.40. The van der Waals surface area contributed by atoms with E-state index in [-0.39, 0.29) is 12.1 Å². The topological polar surface area (TPSA) is 43.4 Å². The second kappa shape index (κ2) is 6.87. The molecule has 0 bridgehead atoms. The molecule has 4 heteroatoms. The third kappa shape index (κ3) is 3.45. The Hall–Kier alpha value is -1.13. The Morgan fingerprint density at radius 3 is 3.00 bits per heavy atom. The molecule has 1 aromatic rings. The van der Waals surface area contributed by atoms with E-state index in [4.69, 9.17) is 9.47 Å². The van der Waals surface area contributed by atoms with Crippen molar-refractivity contribution >= 4 is 0 Å². The zero-order valence-electron chi connectivity index (χ0n) is 12.1. The number of rotatable bonds is 6. The summed E-state index contributed by atoms with van der Waals surface area (Å²) in [4.78, 5) is 4.30. The number of pyridine rings is 1. The SMILES string of the molecule is CCCOc1cncc(C(NC)C2CCOC2C)c1. The molecule has 0 amide bonds. The summed E-state index contributed by atoms with van der Waals surface area (Å²) in [6.07, 6.45) is 6.09. The van der Waals surface area contributed by atoms with Crippen LogP contribution >= 0.6 is 0 Å². The van der Waals surface area contributed by atoms with Gasteiger partial charge in [-0.1, -0.05) is 6.92 Å². The van der Waals surface area contributed by atoms with Crippen molar-refractivity contribution in [2.45, 2.75) is 38.8 Å². The highest BCUT2D eigenvalue weighted by atomic mass is 16.5. The van der Waals surface area contributed by atoms with Crippen LogP contribution < -0.4 is 10.1 Å². The lowest BCUT2D eigenvalue weighted by molar-refractivity contribution is 0.0962. The zero-order chi connectivity index (χ0) is 13.7. The largest absolute Gasteiger partial charge is 0.492 e. The van der Waals surface area contributed by atoms with Crippen LogP contribution in [-0.2, 0) is 4.74 Å². The minimum absolute atomic E-state index is 0.273. The lowest BCUT2D eigenvalue weighted by Gasteiger charge is -2.25. The number of nitrogens with zero attached hydrogens (tertiary/aromatic N) is 1. The van der Waals surface area contributed by atoms with Crippen LogP contribution in [0.1, 0.15) is 38.3 Å². The molecule has 19 heavy (non-hydrogen) atoms. The van der Waals surface area contributed by atoms with Gasteiger partial charge in [-0.2, -0.15) is 0 Å². The molecule has 2 rings (SSSR count). The monoisotopic (exact) mass is 264 g/mol. The molecule has 0 aromatic carbocycles. The molecule has 1 N–H and O–H groups in total. The molecule has 1 aliphatic rings. The molecule has 4 nitrogen and oxygen atoms in total. The van der Waals surface area contributed by atoms with E-state index >= 15 is 0 Å². The maximum Gasteiger partial charge on any atom is 0.137 e. The van der Waals surface area contributed by atoms with Crippen LogP contribution in [0.5, 0.6) is 5.75 Å². The van der Waals surface area contributed by atoms with E-state index in [9.17, 15) is 0 Å². The molecule has 0 saturated carbocycles. The third-order valence-corrected chi connectivity index (χ3v) is 3.74. The molecule has 1 aromatic heterocycles. The fraction of sp³-hybridized carbons (Fsp3) is 0.667. The van der Waals surface area contributed by atoms with Gasteiger partial charge in [-0.25, -0.2) is 0 Å². The molecule has 1 saturated heterocycles. The standard InChI is InChI=1S/C15H24N2O2/c1-4-6-19-13-8-12(9-17-10-13)15(16-3)14-5-7-18-11(14)2/h8-11,14-16H,4-7H2,1-3H3. The van der Waals surface area contributed by atoms with E-state index in [0.717, 1.165) is 31.8 Å². The molecule has 3 atom stereocenters. The molecular formula is C15H24N2O2.